The highest BCUT2D eigenvalue weighted by Crippen LogP contribution is 2.48. The largest absolute Gasteiger partial charge is 0.354 e. The van der Waals surface area contributed by atoms with Crippen molar-refractivity contribution in [3.8, 4) is 22.3 Å². The minimum atomic E-state index is 1.17. The lowest BCUT2D eigenvalue weighted by atomic mass is 9.89. The molecular weight excluding hydrogens is 492 g/mol. The molecule has 9 rings (SSSR count). The van der Waals surface area contributed by atoms with Gasteiger partial charge < -0.3 is 9.97 Å². The lowest BCUT2D eigenvalue weighted by Crippen LogP contribution is -1.89. The summed E-state index contributed by atoms with van der Waals surface area (Å²) in [4.78, 5) is 7.54. The van der Waals surface area contributed by atoms with Crippen molar-refractivity contribution in [2.75, 3.05) is 0 Å². The van der Waals surface area contributed by atoms with Crippen LogP contribution in [0.2, 0.25) is 0 Å². The molecule has 0 fully saturated rings. The van der Waals surface area contributed by atoms with Crippen LogP contribution in [0.4, 0.5) is 0 Å². The Hall–Kier alpha value is -4.86. The van der Waals surface area contributed by atoms with Gasteiger partial charge in [-0.15, -0.1) is 11.3 Å². The number of hydrogen-bond donors (Lipinski definition) is 2. The minimum Gasteiger partial charge on any atom is -0.354 e. The molecule has 9 aromatic rings. The van der Waals surface area contributed by atoms with E-state index in [1.165, 1.54) is 86.0 Å². The van der Waals surface area contributed by atoms with E-state index in [9.17, 15) is 0 Å². The first-order chi connectivity index (χ1) is 19.3. The molecule has 0 spiro atoms. The van der Waals surface area contributed by atoms with Crippen molar-refractivity contribution in [1.82, 2.24) is 9.97 Å². The van der Waals surface area contributed by atoms with Crippen molar-refractivity contribution in [1.29, 1.82) is 0 Å². The quantitative estimate of drug-likeness (QED) is 0.230. The molecule has 0 aliphatic heterocycles. The molecule has 3 heteroatoms. The summed E-state index contributed by atoms with van der Waals surface area (Å²) >= 11 is 1.87. The van der Waals surface area contributed by atoms with E-state index < -0.39 is 0 Å². The first-order valence-corrected chi connectivity index (χ1v) is 14.1. The molecule has 2 nitrogen and oxygen atoms in total. The molecule has 0 atom stereocenters. The predicted molar refractivity (Wildman–Crippen MR) is 169 cm³/mol. The van der Waals surface area contributed by atoms with Gasteiger partial charge in [0.15, 0.2) is 0 Å². The highest BCUT2D eigenvalue weighted by atomic mass is 32.1. The summed E-state index contributed by atoms with van der Waals surface area (Å²) in [6.45, 7) is 0. The van der Waals surface area contributed by atoms with Gasteiger partial charge in [0.2, 0.25) is 0 Å². The van der Waals surface area contributed by atoms with Crippen LogP contribution in [-0.2, 0) is 0 Å². The normalized spacial score (nSPS) is 12.1. The molecule has 0 amide bonds. The third-order valence-corrected chi connectivity index (χ3v) is 9.32. The van der Waals surface area contributed by atoms with Crippen LogP contribution >= 0.6 is 11.3 Å². The van der Waals surface area contributed by atoms with Gasteiger partial charge in [-0.1, -0.05) is 97.1 Å². The summed E-state index contributed by atoms with van der Waals surface area (Å²) in [6, 6.07) is 44.1. The van der Waals surface area contributed by atoms with Gasteiger partial charge in [0.05, 0.1) is 11.0 Å². The van der Waals surface area contributed by atoms with E-state index in [0.29, 0.717) is 0 Å². The molecular formula is C36H22N2S. The summed E-state index contributed by atoms with van der Waals surface area (Å²) in [6.07, 6.45) is 0. The van der Waals surface area contributed by atoms with Gasteiger partial charge in [0, 0.05) is 69.4 Å². The SMILES string of the molecule is c1ccc2c(c1)[nH]c1c(-c3ccc4sc5ccccc5c4c3-c3cccc4c3[nH]c3ccccc34)cccc12. The number of rotatable bonds is 2. The van der Waals surface area contributed by atoms with E-state index in [4.69, 9.17) is 0 Å². The van der Waals surface area contributed by atoms with E-state index in [1.807, 2.05) is 11.3 Å². The summed E-state index contributed by atoms with van der Waals surface area (Å²) in [5, 5.41) is 7.67. The van der Waals surface area contributed by atoms with Gasteiger partial charge in [0.1, 0.15) is 0 Å². The summed E-state index contributed by atoms with van der Waals surface area (Å²) < 4.78 is 2.63. The fraction of sp³-hybridized carbons (Fsp3) is 0. The maximum absolute atomic E-state index is 3.78. The standard InChI is InChI=1S/C36H22N2S/c1-4-16-29-21(9-1)24-12-7-14-26(35(24)37-29)23-19-20-32-34(27-11-3-6-18-31(27)39-32)33(23)28-15-8-13-25-22-10-2-5-17-30(22)38-36(25)28/h1-20,37-38H. The molecule has 0 unspecified atom stereocenters. The van der Waals surface area contributed by atoms with Gasteiger partial charge in [-0.3, -0.25) is 0 Å². The molecule has 3 aromatic heterocycles. The molecule has 182 valence electrons. The van der Waals surface area contributed by atoms with Gasteiger partial charge in [-0.2, -0.15) is 0 Å². The summed E-state index contributed by atoms with van der Waals surface area (Å²) in [5.41, 5.74) is 9.70. The molecule has 0 bridgehead atoms. The van der Waals surface area contributed by atoms with E-state index >= 15 is 0 Å². The fourth-order valence-corrected chi connectivity index (χ4v) is 7.61. The van der Waals surface area contributed by atoms with Crippen molar-refractivity contribution >= 4 is 75.1 Å². The van der Waals surface area contributed by atoms with Crippen molar-refractivity contribution in [3.63, 3.8) is 0 Å². The number of nitrogens with one attached hydrogen (secondary N) is 2. The number of aromatic amines is 2. The van der Waals surface area contributed by atoms with Crippen LogP contribution in [0.1, 0.15) is 0 Å². The zero-order valence-corrected chi connectivity index (χ0v) is 21.8. The molecule has 2 N–H and O–H groups in total. The van der Waals surface area contributed by atoms with Gasteiger partial charge in [0.25, 0.3) is 0 Å². The number of hydrogen-bond acceptors (Lipinski definition) is 1. The molecule has 0 aliphatic carbocycles. The zero-order chi connectivity index (χ0) is 25.5. The minimum absolute atomic E-state index is 1.17. The smallest absolute Gasteiger partial charge is 0.0544 e. The number of para-hydroxylation sites is 4. The highest BCUT2D eigenvalue weighted by Gasteiger charge is 2.21. The lowest BCUT2D eigenvalue weighted by Gasteiger charge is -2.15. The lowest BCUT2D eigenvalue weighted by molar-refractivity contribution is 1.53. The van der Waals surface area contributed by atoms with E-state index in [2.05, 4.69) is 131 Å². The van der Waals surface area contributed by atoms with Gasteiger partial charge >= 0.3 is 0 Å². The Morgan fingerprint density at radius 2 is 0.949 bits per heavy atom. The van der Waals surface area contributed by atoms with Crippen LogP contribution < -0.4 is 0 Å². The molecule has 0 saturated carbocycles. The number of thiophene rings is 1. The Morgan fingerprint density at radius 3 is 1.67 bits per heavy atom. The second kappa shape index (κ2) is 7.83. The van der Waals surface area contributed by atoms with Crippen molar-refractivity contribution in [3.05, 3.63) is 121 Å². The van der Waals surface area contributed by atoms with Gasteiger partial charge in [-0.25, -0.2) is 0 Å². The maximum Gasteiger partial charge on any atom is 0.0544 e. The van der Waals surface area contributed by atoms with Gasteiger partial charge in [-0.05, 0) is 29.8 Å². The van der Waals surface area contributed by atoms with E-state index in [1.54, 1.807) is 0 Å². The summed E-state index contributed by atoms with van der Waals surface area (Å²) in [5.74, 6) is 0. The van der Waals surface area contributed by atoms with E-state index in [0.717, 1.165) is 0 Å². The summed E-state index contributed by atoms with van der Waals surface area (Å²) in [7, 11) is 0. The molecule has 3 heterocycles. The Balaban J connectivity index is 1.48. The Kier molecular flexibility index (Phi) is 4.24. The molecule has 39 heavy (non-hydrogen) atoms. The predicted octanol–water partition coefficient (Wildman–Crippen LogP) is 10.7. The van der Waals surface area contributed by atoms with Crippen LogP contribution in [0.5, 0.6) is 0 Å². The third kappa shape index (κ3) is 2.91. The fourth-order valence-electron chi connectivity index (χ4n) is 6.50. The molecule has 6 aromatic carbocycles. The zero-order valence-electron chi connectivity index (χ0n) is 21.0. The molecule has 0 aliphatic rings. The average Bonchev–Trinajstić information content (AvgIpc) is 3.68. The monoisotopic (exact) mass is 514 g/mol. The van der Waals surface area contributed by atoms with Crippen LogP contribution in [0.25, 0.3) is 86.0 Å². The molecule has 0 saturated heterocycles. The first-order valence-electron chi connectivity index (χ1n) is 13.3. The average molecular weight is 515 g/mol. The number of fused-ring (bicyclic) bond motifs is 9. The topological polar surface area (TPSA) is 31.6 Å². The second-order valence-corrected chi connectivity index (χ2v) is 11.3. The van der Waals surface area contributed by atoms with E-state index in [-0.39, 0.29) is 0 Å². The molecule has 0 radical (unpaired) electrons. The van der Waals surface area contributed by atoms with Crippen molar-refractivity contribution in [2.45, 2.75) is 0 Å². The Bertz CT molecular complexity index is 2400. The Labute approximate surface area is 228 Å². The van der Waals surface area contributed by atoms with Crippen molar-refractivity contribution < 1.29 is 0 Å². The third-order valence-electron chi connectivity index (χ3n) is 8.19. The highest BCUT2D eigenvalue weighted by molar-refractivity contribution is 7.26. The number of H-pyrrole nitrogens is 2. The van der Waals surface area contributed by atoms with Crippen LogP contribution in [-0.4, -0.2) is 9.97 Å². The maximum atomic E-state index is 3.78. The van der Waals surface area contributed by atoms with Crippen LogP contribution in [0.15, 0.2) is 121 Å². The van der Waals surface area contributed by atoms with Crippen molar-refractivity contribution in [2.24, 2.45) is 0 Å². The second-order valence-electron chi connectivity index (χ2n) is 10.3. The number of benzene rings is 6. The number of aromatic nitrogens is 2. The Morgan fingerprint density at radius 1 is 0.385 bits per heavy atom. The first kappa shape index (κ1) is 21.1. The van der Waals surface area contributed by atoms with Crippen LogP contribution in [0, 0.1) is 0 Å². The van der Waals surface area contributed by atoms with Crippen LogP contribution in [0.3, 0.4) is 0 Å².